The predicted octanol–water partition coefficient (Wildman–Crippen LogP) is 2.45. The number of nitrogens with zero attached hydrogens (tertiary/aromatic N) is 1. The topological polar surface area (TPSA) is 114 Å². The monoisotopic (exact) mass is 473 g/mol. The summed E-state index contributed by atoms with van der Waals surface area (Å²) in [5, 5.41) is 2.59. The molecule has 0 aliphatic carbocycles. The lowest BCUT2D eigenvalue weighted by Crippen LogP contribution is -2.34. The summed E-state index contributed by atoms with van der Waals surface area (Å²) in [7, 11) is -3.76. The van der Waals surface area contributed by atoms with Gasteiger partial charge in [-0.2, -0.15) is 0 Å². The molecule has 33 heavy (non-hydrogen) atoms. The highest BCUT2D eigenvalue weighted by Gasteiger charge is 2.30. The summed E-state index contributed by atoms with van der Waals surface area (Å²) in [5.41, 5.74) is 1.50. The van der Waals surface area contributed by atoms with Gasteiger partial charge < -0.3 is 19.7 Å². The van der Waals surface area contributed by atoms with Crippen molar-refractivity contribution in [2.24, 2.45) is 0 Å². The third-order valence-electron chi connectivity index (χ3n) is 5.64. The molecular weight excluding hydrogens is 446 g/mol. The number of ether oxygens (including phenoxy) is 2. The number of carbonyl (C=O) groups is 2. The van der Waals surface area contributed by atoms with Crippen molar-refractivity contribution >= 4 is 27.5 Å². The number of fused-ring (bicyclic) bond motifs is 1. The number of hydrogen-bond donors (Lipinski definition) is 2. The molecule has 2 aromatic rings. The van der Waals surface area contributed by atoms with E-state index >= 15 is 0 Å². The van der Waals surface area contributed by atoms with Crippen LogP contribution in [0.15, 0.2) is 47.4 Å². The molecule has 1 saturated heterocycles. The molecule has 176 valence electrons. The Kier molecular flexibility index (Phi) is 6.85. The number of amides is 2. The Morgan fingerprint density at radius 1 is 1.06 bits per heavy atom. The van der Waals surface area contributed by atoms with Crippen LogP contribution < -0.4 is 19.5 Å². The Bertz CT molecular complexity index is 1130. The van der Waals surface area contributed by atoms with Gasteiger partial charge in [0.05, 0.1) is 10.9 Å². The van der Waals surface area contributed by atoms with E-state index in [0.29, 0.717) is 36.9 Å². The SMILES string of the molecule is CC(=O)Nc1ccc(S(=O)(=O)NCCC(=O)N2CCCC2c2ccc3c(c2)OCCO3)cc1. The van der Waals surface area contributed by atoms with Crippen LogP contribution in [0.25, 0.3) is 0 Å². The van der Waals surface area contributed by atoms with Gasteiger partial charge in [0.1, 0.15) is 13.2 Å². The summed E-state index contributed by atoms with van der Waals surface area (Å²) in [6.07, 6.45) is 1.79. The fourth-order valence-electron chi connectivity index (χ4n) is 4.12. The smallest absolute Gasteiger partial charge is 0.240 e. The molecule has 0 spiro atoms. The third-order valence-corrected chi connectivity index (χ3v) is 7.12. The van der Waals surface area contributed by atoms with Crippen LogP contribution in [0.2, 0.25) is 0 Å². The van der Waals surface area contributed by atoms with Gasteiger partial charge in [-0.25, -0.2) is 13.1 Å². The highest BCUT2D eigenvalue weighted by Crippen LogP contribution is 2.38. The normalized spacial score (nSPS) is 17.6. The Labute approximate surface area is 193 Å². The Morgan fingerprint density at radius 2 is 1.79 bits per heavy atom. The van der Waals surface area contributed by atoms with Gasteiger partial charge in [-0.05, 0) is 54.8 Å². The molecule has 2 amide bonds. The van der Waals surface area contributed by atoms with Crippen LogP contribution in [0.3, 0.4) is 0 Å². The average Bonchev–Trinajstić information content (AvgIpc) is 3.29. The minimum absolute atomic E-state index is 0.00102. The summed E-state index contributed by atoms with van der Waals surface area (Å²) >= 11 is 0. The molecule has 2 heterocycles. The molecular formula is C23H27N3O6S. The van der Waals surface area contributed by atoms with Crippen LogP contribution in [0.4, 0.5) is 5.69 Å². The number of carbonyl (C=O) groups excluding carboxylic acids is 2. The van der Waals surface area contributed by atoms with E-state index < -0.39 is 10.0 Å². The van der Waals surface area contributed by atoms with E-state index in [1.165, 1.54) is 31.2 Å². The van der Waals surface area contributed by atoms with Crippen molar-refractivity contribution in [1.82, 2.24) is 9.62 Å². The van der Waals surface area contributed by atoms with Crippen LogP contribution in [-0.2, 0) is 19.6 Å². The van der Waals surface area contributed by atoms with E-state index in [0.717, 1.165) is 18.4 Å². The molecule has 2 aromatic carbocycles. The number of anilines is 1. The average molecular weight is 474 g/mol. The number of rotatable bonds is 7. The van der Waals surface area contributed by atoms with Crippen molar-refractivity contribution in [3.8, 4) is 11.5 Å². The molecule has 1 atom stereocenters. The van der Waals surface area contributed by atoms with Gasteiger partial charge in [0.25, 0.3) is 0 Å². The first-order chi connectivity index (χ1) is 15.8. The zero-order valence-corrected chi connectivity index (χ0v) is 19.2. The lowest BCUT2D eigenvalue weighted by Gasteiger charge is -2.27. The number of likely N-dealkylation sites (tertiary alicyclic amines) is 1. The second-order valence-corrected chi connectivity index (χ2v) is 9.77. The number of sulfonamides is 1. The molecule has 0 aromatic heterocycles. The molecule has 2 aliphatic rings. The van der Waals surface area contributed by atoms with Gasteiger partial charge in [0.15, 0.2) is 11.5 Å². The lowest BCUT2D eigenvalue weighted by atomic mass is 10.0. The standard InChI is InChI=1S/C23H27N3O6S/c1-16(27)25-18-5-7-19(8-6-18)33(29,30)24-11-10-23(28)26-12-2-3-20(26)17-4-9-21-22(15-17)32-14-13-31-21/h4-9,15,20,24H,2-3,10-14H2,1H3,(H,25,27). The van der Waals surface area contributed by atoms with Crippen LogP contribution in [-0.4, -0.2) is 51.4 Å². The minimum atomic E-state index is -3.76. The molecule has 10 heteroatoms. The zero-order chi connectivity index (χ0) is 23.4. The summed E-state index contributed by atoms with van der Waals surface area (Å²) in [5.74, 6) is 1.06. The van der Waals surface area contributed by atoms with Gasteiger partial charge in [-0.1, -0.05) is 6.07 Å². The maximum atomic E-state index is 12.9. The van der Waals surface area contributed by atoms with Crippen molar-refractivity contribution in [1.29, 1.82) is 0 Å². The fourth-order valence-corrected chi connectivity index (χ4v) is 5.15. The fraction of sp³-hybridized carbons (Fsp3) is 0.391. The predicted molar refractivity (Wildman–Crippen MR) is 122 cm³/mol. The molecule has 2 aliphatic heterocycles. The molecule has 1 unspecified atom stereocenters. The highest BCUT2D eigenvalue weighted by molar-refractivity contribution is 7.89. The lowest BCUT2D eigenvalue weighted by molar-refractivity contribution is -0.132. The molecule has 0 bridgehead atoms. The maximum absolute atomic E-state index is 12.9. The van der Waals surface area contributed by atoms with Gasteiger partial charge >= 0.3 is 0 Å². The van der Waals surface area contributed by atoms with E-state index in [1.807, 2.05) is 23.1 Å². The Morgan fingerprint density at radius 3 is 2.52 bits per heavy atom. The zero-order valence-electron chi connectivity index (χ0n) is 18.4. The second kappa shape index (κ2) is 9.80. The molecule has 2 N–H and O–H groups in total. The van der Waals surface area contributed by atoms with Gasteiger partial charge in [-0.3, -0.25) is 9.59 Å². The van der Waals surface area contributed by atoms with Crippen molar-refractivity contribution < 1.29 is 27.5 Å². The van der Waals surface area contributed by atoms with Crippen molar-refractivity contribution in [2.75, 3.05) is 31.6 Å². The Balaban J connectivity index is 1.34. The van der Waals surface area contributed by atoms with E-state index in [9.17, 15) is 18.0 Å². The quantitative estimate of drug-likeness (QED) is 0.639. The van der Waals surface area contributed by atoms with Crippen molar-refractivity contribution in [2.45, 2.75) is 37.1 Å². The summed E-state index contributed by atoms with van der Waals surface area (Å²) in [4.78, 5) is 25.9. The van der Waals surface area contributed by atoms with Gasteiger partial charge in [-0.15, -0.1) is 0 Å². The minimum Gasteiger partial charge on any atom is -0.486 e. The van der Waals surface area contributed by atoms with Crippen LogP contribution in [0.1, 0.15) is 37.8 Å². The Hall–Kier alpha value is -3.11. The highest BCUT2D eigenvalue weighted by atomic mass is 32.2. The third kappa shape index (κ3) is 5.45. The van der Waals surface area contributed by atoms with Crippen LogP contribution in [0, 0.1) is 0 Å². The summed E-state index contributed by atoms with van der Waals surface area (Å²) in [6, 6.07) is 11.5. The molecule has 4 rings (SSSR count). The van der Waals surface area contributed by atoms with Gasteiger partial charge in [0.2, 0.25) is 21.8 Å². The maximum Gasteiger partial charge on any atom is 0.240 e. The van der Waals surface area contributed by atoms with E-state index in [2.05, 4.69) is 10.0 Å². The van der Waals surface area contributed by atoms with E-state index in [1.54, 1.807) is 0 Å². The largest absolute Gasteiger partial charge is 0.486 e. The molecule has 0 saturated carbocycles. The molecule has 1 fully saturated rings. The number of benzene rings is 2. The van der Waals surface area contributed by atoms with E-state index in [4.69, 9.17) is 9.47 Å². The number of nitrogens with one attached hydrogen (secondary N) is 2. The van der Waals surface area contributed by atoms with Crippen LogP contribution >= 0.6 is 0 Å². The number of hydrogen-bond acceptors (Lipinski definition) is 6. The van der Waals surface area contributed by atoms with Crippen molar-refractivity contribution in [3.63, 3.8) is 0 Å². The summed E-state index contributed by atoms with van der Waals surface area (Å²) < 4.78 is 38.8. The molecule has 9 nitrogen and oxygen atoms in total. The van der Waals surface area contributed by atoms with Crippen molar-refractivity contribution in [3.05, 3.63) is 48.0 Å². The molecule has 0 radical (unpaired) electrons. The van der Waals surface area contributed by atoms with Gasteiger partial charge in [0, 0.05) is 32.1 Å². The second-order valence-electron chi connectivity index (χ2n) is 8.00. The summed E-state index contributed by atoms with van der Waals surface area (Å²) in [6.45, 7) is 3.03. The van der Waals surface area contributed by atoms with E-state index in [-0.39, 0.29) is 35.7 Å². The first-order valence-electron chi connectivity index (χ1n) is 10.9. The first kappa shape index (κ1) is 23.1. The van der Waals surface area contributed by atoms with Crippen LogP contribution in [0.5, 0.6) is 11.5 Å². The first-order valence-corrected chi connectivity index (χ1v) is 12.4.